The number of hydrogen-bond acceptors (Lipinski definition) is 4. The molecule has 0 radical (unpaired) electrons. The van der Waals surface area contributed by atoms with E-state index in [1.54, 1.807) is 30.3 Å². The van der Waals surface area contributed by atoms with Crippen LogP contribution < -0.4 is 16.4 Å². The van der Waals surface area contributed by atoms with Gasteiger partial charge < -0.3 is 26.6 Å². The van der Waals surface area contributed by atoms with Crippen molar-refractivity contribution >= 4 is 17.9 Å². The Hall–Kier alpha value is -2.61. The normalized spacial score (nSPS) is 14.6. The van der Waals surface area contributed by atoms with Crippen LogP contribution in [0, 0.1) is 0 Å². The van der Waals surface area contributed by atoms with Crippen molar-refractivity contribution in [2.45, 2.75) is 18.6 Å². The molecule has 1 aromatic carbocycles. The molecule has 0 heterocycles. The number of carboxylic acid groups (broad SMARTS) is 1. The first kappa shape index (κ1) is 16.4. The number of amides is 3. The highest BCUT2D eigenvalue weighted by Gasteiger charge is 2.32. The highest BCUT2D eigenvalue weighted by atomic mass is 16.4. The highest BCUT2D eigenvalue weighted by Crippen LogP contribution is 2.13. The van der Waals surface area contributed by atoms with Gasteiger partial charge in [-0.05, 0) is 12.5 Å². The molecule has 0 spiro atoms. The number of carbonyl (C=O) groups is 3. The zero-order valence-electron chi connectivity index (χ0n) is 11.4. The molecular formula is C13H17N3O5. The van der Waals surface area contributed by atoms with Crippen LogP contribution >= 0.6 is 0 Å². The molecule has 0 aromatic heterocycles. The smallest absolute Gasteiger partial charge is 0.337 e. The molecule has 8 nitrogen and oxygen atoms in total. The molecular weight excluding hydrogens is 278 g/mol. The van der Waals surface area contributed by atoms with Crippen LogP contribution in [-0.4, -0.2) is 40.3 Å². The summed E-state index contributed by atoms with van der Waals surface area (Å²) < 4.78 is 0. The summed E-state index contributed by atoms with van der Waals surface area (Å²) in [5, 5.41) is 22.8. The lowest BCUT2D eigenvalue weighted by molar-refractivity contribution is -0.156. The number of carboxylic acids is 1. The zero-order chi connectivity index (χ0) is 16.0. The predicted molar refractivity (Wildman–Crippen MR) is 73.2 cm³/mol. The maximum Gasteiger partial charge on any atom is 0.337 e. The van der Waals surface area contributed by atoms with Gasteiger partial charge in [-0.25, -0.2) is 9.59 Å². The van der Waals surface area contributed by atoms with Crippen LogP contribution in [0.5, 0.6) is 0 Å². The number of rotatable bonds is 6. The van der Waals surface area contributed by atoms with Gasteiger partial charge in [0.2, 0.25) is 5.91 Å². The van der Waals surface area contributed by atoms with Gasteiger partial charge in [-0.1, -0.05) is 30.3 Å². The highest BCUT2D eigenvalue weighted by molar-refractivity contribution is 5.88. The first-order valence-electron chi connectivity index (χ1n) is 6.08. The summed E-state index contributed by atoms with van der Waals surface area (Å²) in [5.41, 5.74) is 3.39. The zero-order valence-corrected chi connectivity index (χ0v) is 11.4. The van der Waals surface area contributed by atoms with Crippen LogP contribution in [0.3, 0.4) is 0 Å². The van der Waals surface area contributed by atoms with E-state index in [0.29, 0.717) is 5.56 Å². The Balaban J connectivity index is 2.82. The molecule has 1 rings (SSSR count). The third kappa shape index (κ3) is 4.77. The largest absolute Gasteiger partial charge is 0.479 e. The summed E-state index contributed by atoms with van der Waals surface area (Å²) in [5.74, 6) is -2.15. The molecule has 0 aliphatic carbocycles. The van der Waals surface area contributed by atoms with E-state index in [9.17, 15) is 19.5 Å². The van der Waals surface area contributed by atoms with Gasteiger partial charge in [-0.3, -0.25) is 4.79 Å². The summed E-state index contributed by atoms with van der Waals surface area (Å²) in [6.45, 7) is 0.541. The molecule has 0 aliphatic heterocycles. The van der Waals surface area contributed by atoms with Crippen LogP contribution in [0.25, 0.3) is 0 Å². The molecule has 0 saturated heterocycles. The van der Waals surface area contributed by atoms with Crippen molar-refractivity contribution in [1.82, 2.24) is 10.6 Å². The Bertz CT molecular complexity index is 530. The van der Waals surface area contributed by atoms with E-state index in [0.717, 1.165) is 6.92 Å². The van der Waals surface area contributed by atoms with E-state index in [1.807, 2.05) is 0 Å². The van der Waals surface area contributed by atoms with Gasteiger partial charge in [0.15, 0.2) is 5.60 Å². The van der Waals surface area contributed by atoms with E-state index in [4.69, 9.17) is 10.8 Å². The monoisotopic (exact) mass is 295 g/mol. The fourth-order valence-corrected chi connectivity index (χ4v) is 1.52. The van der Waals surface area contributed by atoms with E-state index < -0.39 is 36.1 Å². The van der Waals surface area contributed by atoms with Crippen LogP contribution in [-0.2, 0) is 9.59 Å². The molecule has 6 N–H and O–H groups in total. The summed E-state index contributed by atoms with van der Waals surface area (Å²) in [7, 11) is 0. The molecule has 2 unspecified atom stereocenters. The van der Waals surface area contributed by atoms with Crippen molar-refractivity contribution in [3.05, 3.63) is 35.9 Å². The van der Waals surface area contributed by atoms with Gasteiger partial charge in [0, 0.05) is 0 Å². The second-order valence-electron chi connectivity index (χ2n) is 4.65. The number of nitrogens with one attached hydrogen (secondary N) is 2. The number of urea groups is 1. The third-order valence-electron chi connectivity index (χ3n) is 2.75. The van der Waals surface area contributed by atoms with E-state index >= 15 is 0 Å². The molecule has 114 valence electrons. The van der Waals surface area contributed by atoms with Gasteiger partial charge in [0.25, 0.3) is 0 Å². The Morgan fingerprint density at radius 2 is 1.86 bits per heavy atom. The minimum absolute atomic E-state index is 0.476. The second kappa shape index (κ2) is 6.71. The molecule has 0 saturated carbocycles. The molecule has 0 aliphatic rings. The number of primary amides is 1. The van der Waals surface area contributed by atoms with Crippen molar-refractivity contribution in [3.63, 3.8) is 0 Å². The summed E-state index contributed by atoms with van der Waals surface area (Å²) in [6, 6.07) is 6.32. The predicted octanol–water partition coefficient (Wildman–Crippen LogP) is -0.652. The molecule has 0 fully saturated rings. The van der Waals surface area contributed by atoms with Crippen LogP contribution in [0.4, 0.5) is 4.79 Å². The summed E-state index contributed by atoms with van der Waals surface area (Å²) in [6.07, 6.45) is 0. The van der Waals surface area contributed by atoms with Crippen molar-refractivity contribution in [1.29, 1.82) is 0 Å². The van der Waals surface area contributed by atoms with Crippen LogP contribution in [0.2, 0.25) is 0 Å². The maximum atomic E-state index is 12.1. The quantitative estimate of drug-likeness (QED) is 0.474. The lowest BCUT2D eigenvalue weighted by Crippen LogP contribution is -2.50. The molecule has 8 heteroatoms. The number of hydrogen-bond donors (Lipinski definition) is 5. The minimum Gasteiger partial charge on any atom is -0.479 e. The van der Waals surface area contributed by atoms with Crippen molar-refractivity contribution in [2.24, 2.45) is 5.73 Å². The molecule has 3 amide bonds. The summed E-state index contributed by atoms with van der Waals surface area (Å²) in [4.78, 5) is 33.8. The Morgan fingerprint density at radius 1 is 1.29 bits per heavy atom. The van der Waals surface area contributed by atoms with Gasteiger partial charge in [0.05, 0.1) is 6.54 Å². The van der Waals surface area contributed by atoms with Crippen molar-refractivity contribution in [3.8, 4) is 0 Å². The fraction of sp³-hybridized carbons (Fsp3) is 0.308. The first-order chi connectivity index (χ1) is 9.74. The lowest BCUT2D eigenvalue weighted by Gasteiger charge is -2.22. The van der Waals surface area contributed by atoms with Gasteiger partial charge in [-0.2, -0.15) is 0 Å². The SMILES string of the molecule is CC(O)(CNC(=O)C(NC(N)=O)c1ccccc1)C(=O)O. The Kier molecular flexibility index (Phi) is 5.25. The van der Waals surface area contributed by atoms with E-state index in [1.165, 1.54) is 0 Å². The number of aliphatic carboxylic acids is 1. The summed E-state index contributed by atoms with van der Waals surface area (Å²) >= 11 is 0. The number of nitrogens with two attached hydrogens (primary N) is 1. The maximum absolute atomic E-state index is 12.1. The Morgan fingerprint density at radius 3 is 2.33 bits per heavy atom. The number of carbonyl (C=O) groups excluding carboxylic acids is 2. The second-order valence-corrected chi connectivity index (χ2v) is 4.65. The minimum atomic E-state index is -2.11. The van der Waals surface area contributed by atoms with Crippen molar-refractivity contribution < 1.29 is 24.6 Å². The van der Waals surface area contributed by atoms with Crippen LogP contribution in [0.15, 0.2) is 30.3 Å². The van der Waals surface area contributed by atoms with E-state index in [-0.39, 0.29) is 0 Å². The van der Waals surface area contributed by atoms with Gasteiger partial charge >= 0.3 is 12.0 Å². The lowest BCUT2D eigenvalue weighted by atomic mass is 10.0. The number of aliphatic hydroxyl groups is 1. The average molecular weight is 295 g/mol. The average Bonchev–Trinajstić information content (AvgIpc) is 2.43. The van der Waals surface area contributed by atoms with Crippen molar-refractivity contribution in [2.75, 3.05) is 6.54 Å². The van der Waals surface area contributed by atoms with Crippen LogP contribution in [0.1, 0.15) is 18.5 Å². The molecule has 1 aromatic rings. The number of benzene rings is 1. The Labute approximate surface area is 120 Å². The molecule has 21 heavy (non-hydrogen) atoms. The standard InChI is InChI=1S/C13H17N3O5/c1-13(21,11(18)19)7-15-10(17)9(16-12(14)20)8-5-3-2-4-6-8/h2-6,9,21H,7H2,1H3,(H,15,17)(H,18,19)(H3,14,16,20). The van der Waals surface area contributed by atoms with Gasteiger partial charge in [-0.15, -0.1) is 0 Å². The van der Waals surface area contributed by atoms with Gasteiger partial charge in [0.1, 0.15) is 6.04 Å². The topological polar surface area (TPSA) is 142 Å². The third-order valence-corrected chi connectivity index (χ3v) is 2.75. The first-order valence-corrected chi connectivity index (χ1v) is 6.08. The molecule has 0 bridgehead atoms. The molecule has 2 atom stereocenters. The van der Waals surface area contributed by atoms with E-state index in [2.05, 4.69) is 10.6 Å². The fourth-order valence-electron chi connectivity index (χ4n) is 1.52.